The van der Waals surface area contributed by atoms with Gasteiger partial charge < -0.3 is 14.0 Å². The lowest BCUT2D eigenvalue weighted by Crippen LogP contribution is -2.32. The van der Waals surface area contributed by atoms with Gasteiger partial charge >= 0.3 is 0 Å². The van der Waals surface area contributed by atoms with Gasteiger partial charge in [-0.05, 0) is 19.1 Å². The maximum atomic E-state index is 5.53. The molecule has 0 bridgehead atoms. The third-order valence-electron chi connectivity index (χ3n) is 2.22. The van der Waals surface area contributed by atoms with Gasteiger partial charge in [0.25, 0.3) is 0 Å². The molecule has 0 radical (unpaired) electrons. The highest BCUT2D eigenvalue weighted by atomic mass is 32.1. The standard InChI is InChI=1S/C8H13N3O2S/c1-6-9-10-8(14)11(6)4-7-5-12-2-3-13-7/h7H,2-5H2,1H3,(H,10,14). The molecule has 1 aromatic rings. The average molecular weight is 215 g/mol. The number of aromatic amines is 1. The third-order valence-corrected chi connectivity index (χ3v) is 2.53. The van der Waals surface area contributed by atoms with Crippen molar-refractivity contribution in [3.8, 4) is 0 Å². The van der Waals surface area contributed by atoms with Gasteiger partial charge in [0.2, 0.25) is 0 Å². The fraction of sp³-hybridized carbons (Fsp3) is 0.750. The summed E-state index contributed by atoms with van der Waals surface area (Å²) in [6, 6.07) is 0. The monoisotopic (exact) mass is 215 g/mol. The zero-order chi connectivity index (χ0) is 9.97. The Morgan fingerprint density at radius 1 is 1.64 bits per heavy atom. The number of aryl methyl sites for hydroxylation is 1. The highest BCUT2D eigenvalue weighted by Gasteiger charge is 2.16. The van der Waals surface area contributed by atoms with Gasteiger partial charge in [-0.25, -0.2) is 0 Å². The van der Waals surface area contributed by atoms with Crippen LogP contribution in [0, 0.1) is 11.7 Å². The van der Waals surface area contributed by atoms with Crippen molar-refractivity contribution in [2.75, 3.05) is 19.8 Å². The highest BCUT2D eigenvalue weighted by molar-refractivity contribution is 7.71. The van der Waals surface area contributed by atoms with Crippen LogP contribution in [-0.2, 0) is 16.0 Å². The summed E-state index contributed by atoms with van der Waals surface area (Å²) >= 11 is 5.09. The molecule has 1 N–H and O–H groups in total. The van der Waals surface area contributed by atoms with E-state index >= 15 is 0 Å². The molecule has 5 nitrogen and oxygen atoms in total. The average Bonchev–Trinajstić information content (AvgIpc) is 2.51. The molecule has 1 fully saturated rings. The molecule has 1 unspecified atom stereocenters. The minimum absolute atomic E-state index is 0.0896. The summed E-state index contributed by atoms with van der Waals surface area (Å²) in [7, 11) is 0. The number of ether oxygens (including phenoxy) is 2. The van der Waals surface area contributed by atoms with Gasteiger partial charge in [0.1, 0.15) is 5.82 Å². The fourth-order valence-electron chi connectivity index (χ4n) is 1.46. The van der Waals surface area contributed by atoms with Crippen molar-refractivity contribution in [2.24, 2.45) is 0 Å². The van der Waals surface area contributed by atoms with E-state index in [1.807, 2.05) is 11.5 Å². The maximum Gasteiger partial charge on any atom is 0.195 e. The van der Waals surface area contributed by atoms with Gasteiger partial charge in [-0.3, -0.25) is 5.10 Å². The lowest BCUT2D eigenvalue weighted by molar-refractivity contribution is -0.0938. The van der Waals surface area contributed by atoms with Crippen LogP contribution in [0.4, 0.5) is 0 Å². The second-order valence-electron chi connectivity index (χ2n) is 3.25. The molecule has 1 atom stereocenters. The molecule has 1 saturated heterocycles. The van der Waals surface area contributed by atoms with Crippen molar-refractivity contribution in [3.63, 3.8) is 0 Å². The molecule has 2 heterocycles. The van der Waals surface area contributed by atoms with Crippen molar-refractivity contribution in [1.82, 2.24) is 14.8 Å². The topological polar surface area (TPSA) is 52.1 Å². The van der Waals surface area contributed by atoms with Crippen molar-refractivity contribution in [1.29, 1.82) is 0 Å². The normalized spacial score (nSPS) is 22.5. The number of rotatable bonds is 2. The first-order chi connectivity index (χ1) is 6.77. The summed E-state index contributed by atoms with van der Waals surface area (Å²) in [5, 5.41) is 6.78. The van der Waals surface area contributed by atoms with Gasteiger partial charge in [0.05, 0.1) is 32.5 Å². The van der Waals surface area contributed by atoms with E-state index in [1.165, 1.54) is 0 Å². The van der Waals surface area contributed by atoms with Gasteiger partial charge in [-0.2, -0.15) is 5.10 Å². The van der Waals surface area contributed by atoms with E-state index in [-0.39, 0.29) is 6.10 Å². The fourth-order valence-corrected chi connectivity index (χ4v) is 1.71. The first kappa shape index (κ1) is 9.82. The van der Waals surface area contributed by atoms with E-state index in [4.69, 9.17) is 21.7 Å². The predicted molar refractivity (Wildman–Crippen MR) is 52.7 cm³/mol. The summed E-state index contributed by atoms with van der Waals surface area (Å²) in [6.45, 7) is 4.60. The molecule has 0 aromatic carbocycles. The first-order valence-electron chi connectivity index (χ1n) is 4.58. The van der Waals surface area contributed by atoms with E-state index in [1.54, 1.807) is 0 Å². The summed E-state index contributed by atoms with van der Waals surface area (Å²) in [6.07, 6.45) is 0.0896. The third kappa shape index (κ3) is 2.02. The van der Waals surface area contributed by atoms with E-state index < -0.39 is 0 Å². The Morgan fingerprint density at radius 2 is 2.50 bits per heavy atom. The van der Waals surface area contributed by atoms with E-state index in [0.29, 0.717) is 31.1 Å². The number of hydrogen-bond acceptors (Lipinski definition) is 4. The number of aromatic nitrogens is 3. The van der Waals surface area contributed by atoms with Gasteiger partial charge in [0, 0.05) is 0 Å². The Balaban J connectivity index is 2.06. The highest BCUT2D eigenvalue weighted by Crippen LogP contribution is 2.06. The summed E-state index contributed by atoms with van der Waals surface area (Å²) in [5.41, 5.74) is 0. The lowest BCUT2D eigenvalue weighted by atomic mass is 10.3. The molecular weight excluding hydrogens is 202 g/mol. The van der Waals surface area contributed by atoms with Crippen LogP contribution < -0.4 is 0 Å². The molecule has 0 saturated carbocycles. The molecule has 0 amide bonds. The van der Waals surface area contributed by atoms with Crippen molar-refractivity contribution >= 4 is 12.2 Å². The van der Waals surface area contributed by atoms with Crippen LogP contribution in [0.5, 0.6) is 0 Å². The van der Waals surface area contributed by atoms with Crippen LogP contribution in [0.25, 0.3) is 0 Å². The second kappa shape index (κ2) is 4.20. The minimum Gasteiger partial charge on any atom is -0.376 e. The van der Waals surface area contributed by atoms with Crippen molar-refractivity contribution in [2.45, 2.75) is 19.6 Å². The maximum absolute atomic E-state index is 5.53. The van der Waals surface area contributed by atoms with E-state index in [0.717, 1.165) is 5.82 Å². The molecule has 0 spiro atoms. The molecule has 2 rings (SSSR count). The SMILES string of the molecule is Cc1n[nH]c(=S)n1CC1COCCO1. The molecule has 1 aliphatic heterocycles. The van der Waals surface area contributed by atoms with E-state index in [2.05, 4.69) is 10.2 Å². The number of nitrogens with zero attached hydrogens (tertiary/aromatic N) is 2. The number of nitrogens with one attached hydrogen (secondary N) is 1. The second-order valence-corrected chi connectivity index (χ2v) is 3.64. The largest absolute Gasteiger partial charge is 0.376 e. The molecule has 14 heavy (non-hydrogen) atoms. The van der Waals surface area contributed by atoms with E-state index in [9.17, 15) is 0 Å². The first-order valence-corrected chi connectivity index (χ1v) is 4.99. The van der Waals surface area contributed by atoms with Crippen LogP contribution >= 0.6 is 12.2 Å². The van der Waals surface area contributed by atoms with Crippen LogP contribution in [0.15, 0.2) is 0 Å². The van der Waals surface area contributed by atoms with Crippen LogP contribution in [0.2, 0.25) is 0 Å². The summed E-state index contributed by atoms with van der Waals surface area (Å²) < 4.78 is 13.4. The quantitative estimate of drug-likeness (QED) is 0.736. The van der Waals surface area contributed by atoms with Crippen molar-refractivity contribution < 1.29 is 9.47 Å². The Bertz CT molecular complexity index is 354. The number of hydrogen-bond donors (Lipinski definition) is 1. The molecule has 1 aromatic heterocycles. The number of H-pyrrole nitrogens is 1. The molecule has 6 heteroatoms. The van der Waals surface area contributed by atoms with Crippen LogP contribution in [0.3, 0.4) is 0 Å². The van der Waals surface area contributed by atoms with Crippen LogP contribution in [0.1, 0.15) is 5.82 Å². The van der Waals surface area contributed by atoms with Gasteiger partial charge in [-0.15, -0.1) is 0 Å². The molecule has 78 valence electrons. The Morgan fingerprint density at radius 3 is 3.07 bits per heavy atom. The summed E-state index contributed by atoms with van der Waals surface area (Å²) in [5.74, 6) is 0.879. The van der Waals surface area contributed by atoms with Gasteiger partial charge in [-0.1, -0.05) is 0 Å². The predicted octanol–water partition coefficient (Wildman–Crippen LogP) is 0.665. The lowest BCUT2D eigenvalue weighted by Gasteiger charge is -2.23. The Hall–Kier alpha value is -0.720. The van der Waals surface area contributed by atoms with Crippen molar-refractivity contribution in [3.05, 3.63) is 10.6 Å². The molecule has 1 aliphatic rings. The molecule has 0 aliphatic carbocycles. The zero-order valence-corrected chi connectivity index (χ0v) is 8.84. The Kier molecular flexibility index (Phi) is 2.95. The molecular formula is C8H13N3O2S. The Labute approximate surface area is 87.0 Å². The van der Waals surface area contributed by atoms with Crippen LogP contribution in [-0.4, -0.2) is 40.7 Å². The summed E-state index contributed by atoms with van der Waals surface area (Å²) in [4.78, 5) is 0. The minimum atomic E-state index is 0.0896. The smallest absolute Gasteiger partial charge is 0.195 e. The zero-order valence-electron chi connectivity index (χ0n) is 8.02. The van der Waals surface area contributed by atoms with Gasteiger partial charge in [0.15, 0.2) is 4.77 Å².